The third kappa shape index (κ3) is 2.26. The van der Waals surface area contributed by atoms with Gasteiger partial charge in [0.15, 0.2) is 0 Å². The summed E-state index contributed by atoms with van der Waals surface area (Å²) in [6.45, 7) is 2.40. The van der Waals surface area contributed by atoms with Gasteiger partial charge in [0.2, 0.25) is 0 Å². The first-order chi connectivity index (χ1) is 6.38. The van der Waals surface area contributed by atoms with E-state index in [4.69, 9.17) is 0 Å². The molecule has 1 aliphatic heterocycles. The third-order valence-electron chi connectivity index (χ3n) is 2.55. The van der Waals surface area contributed by atoms with Gasteiger partial charge in [-0.2, -0.15) is 0 Å². The van der Waals surface area contributed by atoms with Crippen LogP contribution in [0.2, 0.25) is 0 Å². The minimum atomic E-state index is 0.875. The Morgan fingerprint density at radius 2 is 2.00 bits per heavy atom. The molecule has 13 heavy (non-hydrogen) atoms. The normalized spacial score (nSPS) is 17.0. The predicted molar refractivity (Wildman–Crippen MR) is 58.3 cm³/mol. The van der Waals surface area contributed by atoms with Crippen molar-refractivity contribution in [2.45, 2.75) is 11.3 Å². The van der Waals surface area contributed by atoms with Crippen LogP contribution in [0.4, 0.5) is 0 Å². The lowest BCUT2D eigenvalue weighted by molar-refractivity contribution is 0.346. The summed E-state index contributed by atoms with van der Waals surface area (Å²) in [5, 5.41) is 3.30. The van der Waals surface area contributed by atoms with Crippen molar-refractivity contribution < 1.29 is 0 Å². The van der Waals surface area contributed by atoms with Gasteiger partial charge in [-0.05, 0) is 49.4 Å². The zero-order valence-corrected chi connectivity index (χ0v) is 8.73. The molecule has 70 valence electrons. The fraction of sp³-hybridized carbons (Fsp3) is 0.455. The molecule has 1 aromatic rings. The highest BCUT2D eigenvalue weighted by Gasteiger charge is 2.16. The van der Waals surface area contributed by atoms with Crippen LogP contribution in [0.15, 0.2) is 29.2 Å². The van der Waals surface area contributed by atoms with Crippen LogP contribution >= 0.6 is 11.8 Å². The second-order valence-electron chi connectivity index (χ2n) is 3.58. The highest BCUT2D eigenvalue weighted by molar-refractivity contribution is 7.98. The van der Waals surface area contributed by atoms with Crippen LogP contribution in [0.3, 0.4) is 0 Å². The Kier molecular flexibility index (Phi) is 2.91. The van der Waals surface area contributed by atoms with Crippen molar-refractivity contribution in [3.8, 4) is 0 Å². The molecule has 0 saturated carbocycles. The lowest BCUT2D eigenvalue weighted by Gasteiger charge is -2.27. The molecule has 1 aliphatic rings. The molecule has 1 nitrogen and oxygen atoms in total. The number of hydrogen-bond donors (Lipinski definition) is 1. The van der Waals surface area contributed by atoms with Crippen molar-refractivity contribution in [2.75, 3.05) is 19.3 Å². The summed E-state index contributed by atoms with van der Waals surface area (Å²) in [4.78, 5) is 1.36. The van der Waals surface area contributed by atoms with E-state index in [1.54, 1.807) is 11.8 Å². The topological polar surface area (TPSA) is 12.0 Å². The minimum Gasteiger partial charge on any atom is -0.316 e. The van der Waals surface area contributed by atoms with Gasteiger partial charge in [0, 0.05) is 4.90 Å². The molecule has 0 aromatic heterocycles. The van der Waals surface area contributed by atoms with Crippen LogP contribution in [-0.2, 0) is 6.42 Å². The maximum Gasteiger partial charge on any atom is 0.00693 e. The monoisotopic (exact) mass is 193 g/mol. The van der Waals surface area contributed by atoms with Gasteiger partial charge in [-0.15, -0.1) is 11.8 Å². The van der Waals surface area contributed by atoms with Crippen molar-refractivity contribution in [3.63, 3.8) is 0 Å². The van der Waals surface area contributed by atoms with Crippen LogP contribution < -0.4 is 5.32 Å². The SMILES string of the molecule is CSc1ccc(CC2CNC2)cc1. The summed E-state index contributed by atoms with van der Waals surface area (Å²) in [7, 11) is 0. The van der Waals surface area contributed by atoms with Crippen molar-refractivity contribution in [1.29, 1.82) is 0 Å². The number of nitrogens with one attached hydrogen (secondary N) is 1. The molecule has 1 fully saturated rings. The number of benzene rings is 1. The summed E-state index contributed by atoms with van der Waals surface area (Å²) in [6.07, 6.45) is 3.35. The van der Waals surface area contributed by atoms with Crippen molar-refractivity contribution in [1.82, 2.24) is 5.32 Å². The van der Waals surface area contributed by atoms with Gasteiger partial charge in [0.25, 0.3) is 0 Å². The summed E-state index contributed by atoms with van der Waals surface area (Å²) in [5.41, 5.74) is 1.48. The van der Waals surface area contributed by atoms with Gasteiger partial charge >= 0.3 is 0 Å². The Bertz CT molecular complexity index is 264. The average Bonchev–Trinajstić information content (AvgIpc) is 2.12. The Labute approximate surface area is 83.9 Å². The molecule has 0 aliphatic carbocycles. The van der Waals surface area contributed by atoms with Gasteiger partial charge in [0.05, 0.1) is 0 Å². The fourth-order valence-electron chi connectivity index (χ4n) is 1.59. The molecule has 2 rings (SSSR count). The summed E-state index contributed by atoms with van der Waals surface area (Å²) >= 11 is 1.80. The molecule has 1 saturated heterocycles. The molecule has 1 N–H and O–H groups in total. The molecule has 0 atom stereocenters. The first-order valence-electron chi connectivity index (χ1n) is 4.72. The Hall–Kier alpha value is -0.470. The van der Waals surface area contributed by atoms with Crippen LogP contribution in [0.5, 0.6) is 0 Å². The fourth-order valence-corrected chi connectivity index (χ4v) is 2.00. The minimum absolute atomic E-state index is 0.875. The molecule has 1 aromatic carbocycles. The van der Waals surface area contributed by atoms with E-state index < -0.39 is 0 Å². The van der Waals surface area contributed by atoms with Gasteiger partial charge in [-0.1, -0.05) is 12.1 Å². The second-order valence-corrected chi connectivity index (χ2v) is 4.46. The van der Waals surface area contributed by atoms with E-state index in [0.717, 1.165) is 5.92 Å². The van der Waals surface area contributed by atoms with Crippen molar-refractivity contribution in [2.24, 2.45) is 5.92 Å². The van der Waals surface area contributed by atoms with Crippen molar-refractivity contribution in [3.05, 3.63) is 29.8 Å². The number of rotatable bonds is 3. The quantitative estimate of drug-likeness (QED) is 0.738. The predicted octanol–water partition coefficient (Wildman–Crippen LogP) is 2.17. The smallest absolute Gasteiger partial charge is 0.00693 e. The molecular formula is C11H15NS. The Balaban J connectivity index is 1.96. The molecule has 0 spiro atoms. The summed E-state index contributed by atoms with van der Waals surface area (Å²) in [5.74, 6) is 0.875. The number of thioether (sulfide) groups is 1. The van der Waals surface area contributed by atoms with E-state index >= 15 is 0 Å². The maximum atomic E-state index is 3.30. The molecule has 0 amide bonds. The van der Waals surface area contributed by atoms with Crippen LogP contribution in [0.25, 0.3) is 0 Å². The van der Waals surface area contributed by atoms with Gasteiger partial charge in [-0.3, -0.25) is 0 Å². The maximum absolute atomic E-state index is 3.30. The van der Waals surface area contributed by atoms with E-state index in [0.29, 0.717) is 0 Å². The molecule has 1 heterocycles. The summed E-state index contributed by atoms with van der Waals surface area (Å²) < 4.78 is 0. The van der Waals surface area contributed by atoms with E-state index in [1.807, 2.05) is 0 Å². The standard InChI is InChI=1S/C11H15NS/c1-13-11-4-2-9(3-5-11)6-10-7-12-8-10/h2-5,10,12H,6-8H2,1H3. The van der Waals surface area contributed by atoms with Gasteiger partial charge in [-0.25, -0.2) is 0 Å². The molecule has 0 unspecified atom stereocenters. The lowest BCUT2D eigenvalue weighted by Crippen LogP contribution is -2.43. The third-order valence-corrected chi connectivity index (χ3v) is 3.29. The highest BCUT2D eigenvalue weighted by Crippen LogP contribution is 2.17. The van der Waals surface area contributed by atoms with E-state index in [-0.39, 0.29) is 0 Å². The molecule has 0 bridgehead atoms. The lowest BCUT2D eigenvalue weighted by atomic mass is 9.95. The number of hydrogen-bond acceptors (Lipinski definition) is 2. The largest absolute Gasteiger partial charge is 0.316 e. The second kappa shape index (κ2) is 4.16. The Morgan fingerprint density at radius 1 is 1.31 bits per heavy atom. The molecule has 2 heteroatoms. The van der Waals surface area contributed by atoms with E-state index in [2.05, 4.69) is 35.8 Å². The first kappa shape index (κ1) is 9.10. The van der Waals surface area contributed by atoms with Crippen LogP contribution in [0, 0.1) is 5.92 Å². The Morgan fingerprint density at radius 3 is 2.46 bits per heavy atom. The van der Waals surface area contributed by atoms with E-state index in [9.17, 15) is 0 Å². The van der Waals surface area contributed by atoms with Gasteiger partial charge in [0.1, 0.15) is 0 Å². The van der Waals surface area contributed by atoms with Crippen molar-refractivity contribution >= 4 is 11.8 Å². The van der Waals surface area contributed by atoms with Crippen LogP contribution in [0.1, 0.15) is 5.56 Å². The van der Waals surface area contributed by atoms with Crippen LogP contribution in [-0.4, -0.2) is 19.3 Å². The summed E-state index contributed by atoms with van der Waals surface area (Å²) in [6, 6.07) is 8.94. The average molecular weight is 193 g/mol. The zero-order valence-electron chi connectivity index (χ0n) is 7.92. The van der Waals surface area contributed by atoms with Gasteiger partial charge < -0.3 is 5.32 Å². The molecule has 0 radical (unpaired) electrons. The highest BCUT2D eigenvalue weighted by atomic mass is 32.2. The first-order valence-corrected chi connectivity index (χ1v) is 5.94. The van der Waals surface area contributed by atoms with E-state index in [1.165, 1.54) is 30.0 Å². The molecular weight excluding hydrogens is 178 g/mol. The zero-order chi connectivity index (χ0) is 9.10.